The zero-order valence-electron chi connectivity index (χ0n) is 14.6. The quantitative estimate of drug-likeness (QED) is 0.675. The van der Waals surface area contributed by atoms with E-state index in [4.69, 9.17) is 10.5 Å². The zero-order valence-corrected chi connectivity index (χ0v) is 14.6. The molecule has 3 nitrogen and oxygen atoms in total. The molecule has 2 rings (SSSR count). The van der Waals surface area contributed by atoms with Crippen molar-refractivity contribution in [1.82, 2.24) is 0 Å². The Morgan fingerprint density at radius 3 is 2.52 bits per heavy atom. The molecule has 0 spiro atoms. The first-order chi connectivity index (χ1) is 11.1. The molecule has 0 radical (unpaired) electrons. The van der Waals surface area contributed by atoms with Gasteiger partial charge in [-0.05, 0) is 56.2 Å². The third-order valence-corrected chi connectivity index (χ3v) is 5.02. The van der Waals surface area contributed by atoms with Gasteiger partial charge >= 0.3 is 0 Å². The summed E-state index contributed by atoms with van der Waals surface area (Å²) >= 11 is 0. The summed E-state index contributed by atoms with van der Waals surface area (Å²) in [6.45, 7) is 2.73. The SMILES string of the molecule is CC(N)(CO)CCc1ccc(OCCCC2CCCCC2)cc1. The molecule has 1 unspecified atom stereocenters. The highest BCUT2D eigenvalue weighted by Crippen LogP contribution is 2.27. The Hall–Kier alpha value is -1.06. The van der Waals surface area contributed by atoms with Crippen molar-refractivity contribution in [2.75, 3.05) is 13.2 Å². The van der Waals surface area contributed by atoms with Crippen LogP contribution in [0.4, 0.5) is 0 Å². The van der Waals surface area contributed by atoms with Gasteiger partial charge < -0.3 is 15.6 Å². The number of aryl methyl sites for hydroxylation is 1. The average Bonchev–Trinajstić information content (AvgIpc) is 2.59. The van der Waals surface area contributed by atoms with Gasteiger partial charge in [-0.1, -0.05) is 44.2 Å². The van der Waals surface area contributed by atoms with E-state index in [2.05, 4.69) is 12.1 Å². The predicted molar refractivity (Wildman–Crippen MR) is 95.7 cm³/mol. The van der Waals surface area contributed by atoms with Crippen molar-refractivity contribution in [2.24, 2.45) is 11.7 Å². The molecule has 1 aliphatic carbocycles. The molecule has 0 heterocycles. The Morgan fingerprint density at radius 1 is 1.17 bits per heavy atom. The van der Waals surface area contributed by atoms with Crippen LogP contribution in [0.3, 0.4) is 0 Å². The molecule has 0 aromatic heterocycles. The largest absolute Gasteiger partial charge is 0.494 e. The Kier molecular flexibility index (Phi) is 7.38. The maximum atomic E-state index is 9.19. The molecule has 130 valence electrons. The smallest absolute Gasteiger partial charge is 0.119 e. The Labute approximate surface area is 141 Å². The Balaban J connectivity index is 1.64. The standard InChI is InChI=1S/C20H33NO2/c1-20(21,16-22)14-13-18-9-11-19(12-10-18)23-15-5-8-17-6-3-2-4-7-17/h9-12,17,22H,2-8,13-16,21H2,1H3. The van der Waals surface area contributed by atoms with Crippen LogP contribution in [0.5, 0.6) is 5.75 Å². The summed E-state index contributed by atoms with van der Waals surface area (Å²) in [5.74, 6) is 1.89. The normalized spacial score (nSPS) is 18.6. The van der Waals surface area contributed by atoms with Crippen molar-refractivity contribution in [2.45, 2.75) is 70.3 Å². The van der Waals surface area contributed by atoms with Gasteiger partial charge in [0.25, 0.3) is 0 Å². The molecule has 0 aliphatic heterocycles. The Bertz CT molecular complexity index is 435. The van der Waals surface area contributed by atoms with E-state index in [0.29, 0.717) is 0 Å². The minimum Gasteiger partial charge on any atom is -0.494 e. The van der Waals surface area contributed by atoms with Crippen LogP contribution in [0.15, 0.2) is 24.3 Å². The van der Waals surface area contributed by atoms with Crippen LogP contribution < -0.4 is 10.5 Å². The van der Waals surface area contributed by atoms with E-state index in [9.17, 15) is 5.11 Å². The number of hydrogen-bond acceptors (Lipinski definition) is 3. The van der Waals surface area contributed by atoms with E-state index in [1.807, 2.05) is 19.1 Å². The number of benzene rings is 1. The lowest BCUT2D eigenvalue weighted by Crippen LogP contribution is -2.40. The van der Waals surface area contributed by atoms with Gasteiger partial charge in [-0.3, -0.25) is 0 Å². The summed E-state index contributed by atoms with van der Waals surface area (Å²) in [6, 6.07) is 8.29. The third kappa shape index (κ3) is 6.92. The van der Waals surface area contributed by atoms with Gasteiger partial charge in [0, 0.05) is 5.54 Å². The summed E-state index contributed by atoms with van der Waals surface area (Å²) in [6.07, 6.45) is 11.3. The van der Waals surface area contributed by atoms with E-state index in [1.54, 1.807) is 0 Å². The zero-order chi connectivity index (χ0) is 16.5. The van der Waals surface area contributed by atoms with E-state index < -0.39 is 5.54 Å². The van der Waals surface area contributed by atoms with Crippen molar-refractivity contribution in [3.8, 4) is 5.75 Å². The van der Waals surface area contributed by atoms with E-state index in [1.165, 1.54) is 44.1 Å². The maximum absolute atomic E-state index is 9.19. The lowest BCUT2D eigenvalue weighted by atomic mass is 9.86. The summed E-state index contributed by atoms with van der Waals surface area (Å²) in [7, 11) is 0. The minimum absolute atomic E-state index is 0.0230. The van der Waals surface area contributed by atoms with E-state index in [-0.39, 0.29) is 6.61 Å². The number of aliphatic hydroxyl groups is 1. The van der Waals surface area contributed by atoms with Crippen LogP contribution in [0, 0.1) is 5.92 Å². The predicted octanol–water partition coefficient (Wildman–Crippen LogP) is 4.07. The average molecular weight is 319 g/mol. The summed E-state index contributed by atoms with van der Waals surface area (Å²) in [5.41, 5.74) is 6.71. The fraction of sp³-hybridized carbons (Fsp3) is 0.700. The summed E-state index contributed by atoms with van der Waals surface area (Å²) in [4.78, 5) is 0. The lowest BCUT2D eigenvalue weighted by Gasteiger charge is -2.21. The van der Waals surface area contributed by atoms with E-state index >= 15 is 0 Å². The second-order valence-electron chi connectivity index (χ2n) is 7.45. The molecule has 3 N–H and O–H groups in total. The van der Waals surface area contributed by atoms with Crippen molar-refractivity contribution in [3.63, 3.8) is 0 Å². The van der Waals surface area contributed by atoms with Crippen molar-refractivity contribution < 1.29 is 9.84 Å². The first kappa shape index (κ1) is 18.3. The summed E-state index contributed by atoms with van der Waals surface area (Å²) < 4.78 is 5.85. The first-order valence-electron chi connectivity index (χ1n) is 9.20. The van der Waals surface area contributed by atoms with Crippen LogP contribution in [-0.4, -0.2) is 23.9 Å². The first-order valence-corrected chi connectivity index (χ1v) is 9.20. The van der Waals surface area contributed by atoms with Gasteiger partial charge in [-0.25, -0.2) is 0 Å². The number of hydrogen-bond donors (Lipinski definition) is 2. The van der Waals surface area contributed by atoms with Gasteiger partial charge in [0.1, 0.15) is 5.75 Å². The fourth-order valence-corrected chi connectivity index (χ4v) is 3.30. The van der Waals surface area contributed by atoms with Gasteiger partial charge in [0.2, 0.25) is 0 Å². The van der Waals surface area contributed by atoms with Gasteiger partial charge in [-0.2, -0.15) is 0 Å². The number of nitrogens with two attached hydrogens (primary N) is 1. The molecule has 1 fully saturated rings. The van der Waals surface area contributed by atoms with E-state index in [0.717, 1.165) is 37.5 Å². The highest BCUT2D eigenvalue weighted by Gasteiger charge is 2.16. The molecule has 1 aromatic rings. The molecule has 1 atom stereocenters. The lowest BCUT2D eigenvalue weighted by molar-refractivity contribution is 0.200. The molecule has 1 aromatic carbocycles. The van der Waals surface area contributed by atoms with Crippen molar-refractivity contribution in [3.05, 3.63) is 29.8 Å². The van der Waals surface area contributed by atoms with Crippen molar-refractivity contribution in [1.29, 1.82) is 0 Å². The molecule has 0 saturated heterocycles. The van der Waals surface area contributed by atoms with Crippen LogP contribution in [0.1, 0.15) is 63.9 Å². The number of aliphatic hydroxyl groups excluding tert-OH is 1. The molecule has 0 bridgehead atoms. The molecule has 23 heavy (non-hydrogen) atoms. The Morgan fingerprint density at radius 2 is 1.87 bits per heavy atom. The molecule has 1 aliphatic rings. The molecule has 1 saturated carbocycles. The molecular weight excluding hydrogens is 286 g/mol. The number of rotatable bonds is 9. The third-order valence-electron chi connectivity index (χ3n) is 5.02. The van der Waals surface area contributed by atoms with Crippen LogP contribution in [0.2, 0.25) is 0 Å². The maximum Gasteiger partial charge on any atom is 0.119 e. The second-order valence-corrected chi connectivity index (χ2v) is 7.45. The highest BCUT2D eigenvalue weighted by atomic mass is 16.5. The number of ether oxygens (including phenoxy) is 1. The fourth-order valence-electron chi connectivity index (χ4n) is 3.30. The highest BCUT2D eigenvalue weighted by molar-refractivity contribution is 5.27. The molecule has 3 heteroatoms. The minimum atomic E-state index is -0.492. The van der Waals surface area contributed by atoms with Gasteiger partial charge in [0.15, 0.2) is 0 Å². The van der Waals surface area contributed by atoms with Gasteiger partial charge in [0.05, 0.1) is 13.2 Å². The second kappa shape index (κ2) is 9.29. The summed E-state index contributed by atoms with van der Waals surface area (Å²) in [5, 5.41) is 9.19. The molecule has 0 amide bonds. The van der Waals surface area contributed by atoms with Crippen LogP contribution in [0.25, 0.3) is 0 Å². The van der Waals surface area contributed by atoms with Crippen molar-refractivity contribution >= 4 is 0 Å². The van der Waals surface area contributed by atoms with Gasteiger partial charge in [-0.15, -0.1) is 0 Å². The monoisotopic (exact) mass is 319 g/mol. The molecular formula is C20H33NO2. The van der Waals surface area contributed by atoms with Crippen LogP contribution in [-0.2, 0) is 6.42 Å². The van der Waals surface area contributed by atoms with Crippen LogP contribution >= 0.6 is 0 Å². The topological polar surface area (TPSA) is 55.5 Å².